The highest BCUT2D eigenvalue weighted by Crippen LogP contribution is 2.29. The maximum atomic E-state index is 3.32. The lowest BCUT2D eigenvalue weighted by molar-refractivity contribution is -0.730. The summed E-state index contributed by atoms with van der Waals surface area (Å²) in [5, 5.41) is 0. The van der Waals surface area contributed by atoms with Gasteiger partial charge in [-0.15, -0.1) is 0 Å². The summed E-state index contributed by atoms with van der Waals surface area (Å²) in [6.07, 6.45) is 32.9. The van der Waals surface area contributed by atoms with E-state index in [0.717, 1.165) is 0 Å². The second kappa shape index (κ2) is 19.7. The second-order valence-corrected chi connectivity index (χ2v) is 10.6. The Morgan fingerprint density at radius 1 is 0.647 bits per heavy atom. The van der Waals surface area contributed by atoms with Crippen molar-refractivity contribution in [1.82, 2.24) is 4.98 Å². The van der Waals surface area contributed by atoms with E-state index >= 15 is 0 Å². The first kappa shape index (κ1) is 28.7. The summed E-state index contributed by atoms with van der Waals surface area (Å²) in [6.45, 7) is 4.61. The van der Waals surface area contributed by atoms with Gasteiger partial charge in [-0.1, -0.05) is 140 Å². The smallest absolute Gasteiger partial charge is 0.241 e. The fourth-order valence-corrected chi connectivity index (χ4v) is 5.51. The Balaban J connectivity index is 1.81. The second-order valence-electron chi connectivity index (χ2n) is 10.6. The molecule has 0 radical (unpaired) electrons. The van der Waals surface area contributed by atoms with E-state index in [1.54, 1.807) is 0 Å². The Morgan fingerprint density at radius 2 is 1.18 bits per heavy atom. The molecule has 1 aromatic heterocycles. The molecule has 2 rings (SSSR count). The van der Waals surface area contributed by atoms with E-state index in [1.807, 2.05) is 0 Å². The Hall–Kier alpha value is -1.57. The SMILES string of the molecule is CCCCCCCCCCCCCC(C(CCCCCCC)Cc1ccccc1)[n+]1cc[nH]c1. The molecule has 0 bridgehead atoms. The summed E-state index contributed by atoms with van der Waals surface area (Å²) in [5.74, 6) is 0.716. The maximum Gasteiger partial charge on any atom is 0.241 e. The predicted octanol–water partition coefficient (Wildman–Crippen LogP) is 9.76. The van der Waals surface area contributed by atoms with Crippen molar-refractivity contribution in [3.8, 4) is 0 Å². The van der Waals surface area contributed by atoms with E-state index in [-0.39, 0.29) is 0 Å². The zero-order valence-corrected chi connectivity index (χ0v) is 22.7. The van der Waals surface area contributed by atoms with E-state index in [9.17, 15) is 0 Å². The van der Waals surface area contributed by atoms with Gasteiger partial charge in [0.25, 0.3) is 0 Å². The van der Waals surface area contributed by atoms with Crippen molar-refractivity contribution < 1.29 is 4.57 Å². The molecule has 0 aliphatic carbocycles. The number of benzene rings is 1. The molecular formula is C32H55N2+. The van der Waals surface area contributed by atoms with Gasteiger partial charge in [0.15, 0.2) is 0 Å². The van der Waals surface area contributed by atoms with Crippen LogP contribution in [0.5, 0.6) is 0 Å². The van der Waals surface area contributed by atoms with Crippen LogP contribution in [0.3, 0.4) is 0 Å². The first-order valence-electron chi connectivity index (χ1n) is 14.9. The molecule has 0 aliphatic rings. The van der Waals surface area contributed by atoms with Crippen LogP contribution in [0.25, 0.3) is 0 Å². The molecule has 34 heavy (non-hydrogen) atoms. The van der Waals surface area contributed by atoms with Gasteiger partial charge < -0.3 is 0 Å². The molecule has 0 amide bonds. The number of aromatic amines is 1. The van der Waals surface area contributed by atoms with Crippen molar-refractivity contribution >= 4 is 0 Å². The van der Waals surface area contributed by atoms with E-state index in [4.69, 9.17) is 0 Å². The molecule has 1 aromatic carbocycles. The number of rotatable bonds is 22. The number of aromatic nitrogens is 2. The number of nitrogens with zero attached hydrogens (tertiary/aromatic N) is 1. The molecule has 192 valence electrons. The summed E-state index contributed by atoms with van der Waals surface area (Å²) < 4.78 is 2.48. The number of H-pyrrole nitrogens is 1. The minimum absolute atomic E-state index is 0.608. The fraction of sp³-hybridized carbons (Fsp3) is 0.719. The molecule has 2 aromatic rings. The molecule has 2 atom stereocenters. The van der Waals surface area contributed by atoms with E-state index in [0.29, 0.717) is 12.0 Å². The molecule has 2 nitrogen and oxygen atoms in total. The van der Waals surface area contributed by atoms with E-state index in [2.05, 4.69) is 72.5 Å². The van der Waals surface area contributed by atoms with Crippen LogP contribution in [0.4, 0.5) is 0 Å². The van der Waals surface area contributed by atoms with Crippen molar-refractivity contribution in [1.29, 1.82) is 0 Å². The van der Waals surface area contributed by atoms with E-state index in [1.165, 1.54) is 128 Å². The molecule has 0 saturated heterocycles. The number of hydrogen-bond acceptors (Lipinski definition) is 0. The normalized spacial score (nSPS) is 13.2. The molecule has 0 saturated carbocycles. The average molecular weight is 468 g/mol. The van der Waals surface area contributed by atoms with Crippen LogP contribution in [0.15, 0.2) is 49.1 Å². The number of unbranched alkanes of at least 4 members (excludes halogenated alkanes) is 14. The standard InChI is InChI=1S/C32H54N2/c1-3-5-7-9-10-11-12-13-14-16-21-25-32(34-27-26-33-29-34)31(24-20-15-8-6-4-2)28-30-22-18-17-19-23-30/h17-19,22-23,26-27,29,31-32H,3-16,20-21,24-25,28H2,1-2H3/p+1. The summed E-state index contributed by atoms with van der Waals surface area (Å²) in [4.78, 5) is 3.32. The summed E-state index contributed by atoms with van der Waals surface area (Å²) in [5.41, 5.74) is 1.50. The van der Waals surface area contributed by atoms with Gasteiger partial charge in [0.1, 0.15) is 18.4 Å². The number of hydrogen-bond donors (Lipinski definition) is 1. The lowest BCUT2D eigenvalue weighted by Gasteiger charge is -2.25. The first-order chi connectivity index (χ1) is 16.8. The van der Waals surface area contributed by atoms with Crippen molar-refractivity contribution in [2.24, 2.45) is 5.92 Å². The fourth-order valence-electron chi connectivity index (χ4n) is 5.51. The first-order valence-corrected chi connectivity index (χ1v) is 14.9. The van der Waals surface area contributed by atoms with Crippen LogP contribution in [0.1, 0.15) is 141 Å². The highest BCUT2D eigenvalue weighted by Gasteiger charge is 2.26. The third kappa shape index (κ3) is 12.8. The molecule has 0 aliphatic heterocycles. The van der Waals surface area contributed by atoms with Crippen molar-refractivity contribution in [3.05, 3.63) is 54.6 Å². The third-order valence-corrected chi connectivity index (χ3v) is 7.62. The van der Waals surface area contributed by atoms with Gasteiger partial charge in [0, 0.05) is 5.92 Å². The Labute approximate surface area is 212 Å². The zero-order valence-electron chi connectivity index (χ0n) is 22.7. The van der Waals surface area contributed by atoms with Gasteiger partial charge in [0.2, 0.25) is 6.33 Å². The van der Waals surface area contributed by atoms with Gasteiger partial charge >= 0.3 is 0 Å². The highest BCUT2D eigenvalue weighted by molar-refractivity contribution is 5.15. The number of imidazole rings is 1. The van der Waals surface area contributed by atoms with Gasteiger partial charge in [-0.25, -0.2) is 4.57 Å². The summed E-state index contributed by atoms with van der Waals surface area (Å²) >= 11 is 0. The summed E-state index contributed by atoms with van der Waals surface area (Å²) in [6, 6.07) is 11.8. The summed E-state index contributed by atoms with van der Waals surface area (Å²) in [7, 11) is 0. The lowest BCUT2D eigenvalue weighted by atomic mass is 9.84. The van der Waals surface area contributed by atoms with Crippen LogP contribution in [-0.2, 0) is 6.42 Å². The van der Waals surface area contributed by atoms with Crippen LogP contribution < -0.4 is 4.57 Å². The van der Waals surface area contributed by atoms with Gasteiger partial charge in [0.05, 0.1) is 0 Å². The third-order valence-electron chi connectivity index (χ3n) is 7.62. The Bertz CT molecular complexity index is 664. The van der Waals surface area contributed by atoms with Gasteiger partial charge in [-0.05, 0) is 31.2 Å². The largest absolute Gasteiger partial charge is 0.250 e. The Kier molecular flexibility index (Phi) is 16.6. The lowest BCUT2D eigenvalue weighted by Crippen LogP contribution is -2.42. The maximum absolute atomic E-state index is 3.32. The van der Waals surface area contributed by atoms with Crippen molar-refractivity contribution in [2.75, 3.05) is 0 Å². The van der Waals surface area contributed by atoms with Crippen LogP contribution in [-0.4, -0.2) is 4.98 Å². The van der Waals surface area contributed by atoms with Gasteiger partial charge in [-0.3, -0.25) is 4.98 Å². The van der Waals surface area contributed by atoms with Crippen molar-refractivity contribution in [2.45, 2.75) is 142 Å². The average Bonchev–Trinajstić information content (AvgIpc) is 3.39. The molecule has 2 unspecified atom stereocenters. The quantitative estimate of drug-likeness (QED) is 0.131. The predicted molar refractivity (Wildman–Crippen MR) is 148 cm³/mol. The zero-order chi connectivity index (χ0) is 24.1. The molecule has 0 spiro atoms. The Morgan fingerprint density at radius 3 is 1.71 bits per heavy atom. The molecule has 0 fully saturated rings. The molecular weight excluding hydrogens is 412 g/mol. The monoisotopic (exact) mass is 467 g/mol. The van der Waals surface area contributed by atoms with Crippen molar-refractivity contribution in [3.63, 3.8) is 0 Å². The van der Waals surface area contributed by atoms with Crippen LogP contribution in [0.2, 0.25) is 0 Å². The minimum Gasteiger partial charge on any atom is -0.250 e. The van der Waals surface area contributed by atoms with Gasteiger partial charge in [-0.2, -0.15) is 0 Å². The number of nitrogens with one attached hydrogen (secondary N) is 1. The molecule has 2 heteroatoms. The highest BCUT2D eigenvalue weighted by atomic mass is 15.1. The van der Waals surface area contributed by atoms with Crippen LogP contribution >= 0.6 is 0 Å². The minimum atomic E-state index is 0.608. The van der Waals surface area contributed by atoms with E-state index < -0.39 is 0 Å². The molecule has 1 heterocycles. The van der Waals surface area contributed by atoms with Crippen LogP contribution in [0, 0.1) is 5.92 Å². The molecule has 1 N–H and O–H groups in total. The topological polar surface area (TPSA) is 19.7 Å².